The first-order chi connectivity index (χ1) is 5.18. The fraction of sp³-hybridized carbons (Fsp3) is 1.00. The van der Waals surface area contributed by atoms with Crippen molar-refractivity contribution in [2.24, 2.45) is 11.3 Å². The van der Waals surface area contributed by atoms with Gasteiger partial charge in [-0.05, 0) is 6.42 Å². The molecule has 1 aliphatic carbocycles. The van der Waals surface area contributed by atoms with Crippen LogP contribution in [0.1, 0.15) is 20.3 Å². The van der Waals surface area contributed by atoms with E-state index in [1.807, 2.05) is 0 Å². The maximum Gasteiger partial charge on any atom is 0.0686 e. The molecule has 0 aromatic rings. The van der Waals surface area contributed by atoms with Crippen molar-refractivity contribution < 1.29 is 9.94 Å². The SMILES string of the molecule is CC1(C)C(NO)C2CCOC21. The van der Waals surface area contributed by atoms with E-state index in [1.54, 1.807) is 0 Å². The molecule has 2 N–H and O–H groups in total. The molecule has 0 aromatic heterocycles. The average Bonchev–Trinajstić information content (AvgIpc) is 2.34. The first-order valence-electron chi connectivity index (χ1n) is 4.19. The monoisotopic (exact) mass is 157 g/mol. The van der Waals surface area contributed by atoms with Crippen LogP contribution in [-0.4, -0.2) is 24.0 Å². The van der Waals surface area contributed by atoms with Crippen molar-refractivity contribution in [1.82, 2.24) is 5.48 Å². The van der Waals surface area contributed by atoms with E-state index in [4.69, 9.17) is 9.94 Å². The van der Waals surface area contributed by atoms with Gasteiger partial charge >= 0.3 is 0 Å². The zero-order valence-electron chi connectivity index (χ0n) is 7.00. The lowest BCUT2D eigenvalue weighted by molar-refractivity contribution is -0.144. The van der Waals surface area contributed by atoms with E-state index in [9.17, 15) is 0 Å². The molecule has 2 rings (SSSR count). The minimum atomic E-state index is 0.107. The summed E-state index contributed by atoms with van der Waals surface area (Å²) in [6.07, 6.45) is 1.46. The number of rotatable bonds is 1. The van der Waals surface area contributed by atoms with Crippen molar-refractivity contribution in [2.45, 2.75) is 32.4 Å². The predicted molar refractivity (Wildman–Crippen MR) is 40.3 cm³/mol. The molecular formula is C8H15NO2. The summed E-state index contributed by atoms with van der Waals surface area (Å²) in [5.41, 5.74) is 2.49. The number of hydroxylamine groups is 1. The smallest absolute Gasteiger partial charge is 0.0686 e. The Morgan fingerprint density at radius 2 is 2.27 bits per heavy atom. The second kappa shape index (κ2) is 2.19. The van der Waals surface area contributed by atoms with Crippen LogP contribution in [0.5, 0.6) is 0 Å². The molecule has 1 saturated carbocycles. The largest absolute Gasteiger partial charge is 0.377 e. The Kier molecular flexibility index (Phi) is 1.50. The Bertz CT molecular complexity index is 169. The highest BCUT2D eigenvalue weighted by Gasteiger charge is 2.59. The lowest BCUT2D eigenvalue weighted by Crippen LogP contribution is -2.65. The van der Waals surface area contributed by atoms with E-state index >= 15 is 0 Å². The molecule has 2 fully saturated rings. The number of hydrogen-bond acceptors (Lipinski definition) is 3. The van der Waals surface area contributed by atoms with Gasteiger partial charge < -0.3 is 9.94 Å². The lowest BCUT2D eigenvalue weighted by Gasteiger charge is -2.53. The third-order valence-corrected chi connectivity index (χ3v) is 3.24. The van der Waals surface area contributed by atoms with Crippen LogP contribution in [0.15, 0.2) is 0 Å². The van der Waals surface area contributed by atoms with Gasteiger partial charge in [0, 0.05) is 24.0 Å². The predicted octanol–water partition coefficient (Wildman–Crippen LogP) is 0.779. The van der Waals surface area contributed by atoms with E-state index in [0.29, 0.717) is 12.0 Å². The highest BCUT2D eigenvalue weighted by atomic mass is 16.5. The van der Waals surface area contributed by atoms with Gasteiger partial charge in [0.25, 0.3) is 0 Å². The quantitative estimate of drug-likeness (QED) is 0.553. The fourth-order valence-corrected chi connectivity index (χ4v) is 2.59. The van der Waals surface area contributed by atoms with E-state index in [1.165, 1.54) is 0 Å². The molecule has 0 aromatic carbocycles. The summed E-state index contributed by atoms with van der Waals surface area (Å²) in [7, 11) is 0. The summed E-state index contributed by atoms with van der Waals surface area (Å²) in [5, 5.41) is 8.86. The summed E-state index contributed by atoms with van der Waals surface area (Å²) in [5.74, 6) is 0.537. The van der Waals surface area contributed by atoms with Gasteiger partial charge in [0.05, 0.1) is 6.10 Å². The van der Waals surface area contributed by atoms with E-state index < -0.39 is 0 Å². The molecule has 0 spiro atoms. The van der Waals surface area contributed by atoms with Crippen LogP contribution in [0.25, 0.3) is 0 Å². The maximum atomic E-state index is 8.86. The normalized spacial score (nSPS) is 46.6. The molecule has 3 unspecified atom stereocenters. The maximum absolute atomic E-state index is 8.86. The minimum Gasteiger partial charge on any atom is -0.377 e. The van der Waals surface area contributed by atoms with E-state index in [0.717, 1.165) is 13.0 Å². The summed E-state index contributed by atoms with van der Waals surface area (Å²) < 4.78 is 5.55. The molecule has 1 aliphatic heterocycles. The number of hydrogen-bond donors (Lipinski definition) is 2. The van der Waals surface area contributed by atoms with Gasteiger partial charge in [-0.1, -0.05) is 13.8 Å². The average molecular weight is 157 g/mol. The molecular weight excluding hydrogens is 142 g/mol. The van der Waals surface area contributed by atoms with Gasteiger partial charge in [-0.2, -0.15) is 0 Å². The van der Waals surface area contributed by atoms with Crippen LogP contribution >= 0.6 is 0 Å². The first kappa shape index (κ1) is 7.53. The Balaban J connectivity index is 2.12. The van der Waals surface area contributed by atoms with Crippen LogP contribution in [0.4, 0.5) is 0 Å². The van der Waals surface area contributed by atoms with Crippen LogP contribution < -0.4 is 5.48 Å². The van der Waals surface area contributed by atoms with E-state index in [-0.39, 0.29) is 11.5 Å². The Morgan fingerprint density at radius 3 is 2.91 bits per heavy atom. The zero-order valence-corrected chi connectivity index (χ0v) is 7.00. The fourth-order valence-electron chi connectivity index (χ4n) is 2.59. The molecule has 0 bridgehead atoms. The zero-order chi connectivity index (χ0) is 8.06. The third kappa shape index (κ3) is 0.789. The minimum absolute atomic E-state index is 0.107. The summed E-state index contributed by atoms with van der Waals surface area (Å²) in [4.78, 5) is 0. The van der Waals surface area contributed by atoms with Crippen LogP contribution in [0.3, 0.4) is 0 Å². The van der Waals surface area contributed by atoms with Gasteiger partial charge in [0.1, 0.15) is 0 Å². The standard InChI is InChI=1S/C8H15NO2/c1-8(2)6(9-10)5-3-4-11-7(5)8/h5-7,9-10H,3-4H2,1-2H3. The Hall–Kier alpha value is -0.120. The molecule has 1 saturated heterocycles. The van der Waals surface area contributed by atoms with Crippen LogP contribution in [-0.2, 0) is 4.74 Å². The highest BCUT2D eigenvalue weighted by molar-refractivity contribution is 5.10. The van der Waals surface area contributed by atoms with Gasteiger partial charge in [-0.25, -0.2) is 5.48 Å². The second-order valence-corrected chi connectivity index (χ2v) is 4.17. The summed E-state index contributed by atoms with van der Waals surface area (Å²) >= 11 is 0. The Labute approximate surface area is 66.7 Å². The lowest BCUT2D eigenvalue weighted by atomic mass is 9.58. The molecule has 3 nitrogen and oxygen atoms in total. The van der Waals surface area contributed by atoms with Crippen LogP contribution in [0, 0.1) is 11.3 Å². The van der Waals surface area contributed by atoms with Crippen molar-refractivity contribution in [1.29, 1.82) is 0 Å². The van der Waals surface area contributed by atoms with Gasteiger partial charge in [-0.15, -0.1) is 0 Å². The van der Waals surface area contributed by atoms with Gasteiger partial charge in [-0.3, -0.25) is 0 Å². The molecule has 11 heavy (non-hydrogen) atoms. The van der Waals surface area contributed by atoms with Gasteiger partial charge in [0.2, 0.25) is 0 Å². The van der Waals surface area contributed by atoms with Crippen molar-refractivity contribution in [3.8, 4) is 0 Å². The molecule has 1 heterocycles. The molecule has 3 heteroatoms. The van der Waals surface area contributed by atoms with E-state index in [2.05, 4.69) is 19.3 Å². The third-order valence-electron chi connectivity index (χ3n) is 3.24. The molecule has 2 aliphatic rings. The van der Waals surface area contributed by atoms with Crippen molar-refractivity contribution >= 4 is 0 Å². The Morgan fingerprint density at radius 1 is 1.55 bits per heavy atom. The van der Waals surface area contributed by atoms with Gasteiger partial charge in [0.15, 0.2) is 0 Å². The number of nitrogens with one attached hydrogen (secondary N) is 1. The number of fused-ring (bicyclic) bond motifs is 1. The highest BCUT2D eigenvalue weighted by Crippen LogP contribution is 2.51. The van der Waals surface area contributed by atoms with Crippen molar-refractivity contribution in [2.75, 3.05) is 6.61 Å². The molecule has 3 atom stereocenters. The first-order valence-corrected chi connectivity index (χ1v) is 4.19. The van der Waals surface area contributed by atoms with Crippen molar-refractivity contribution in [3.63, 3.8) is 0 Å². The second-order valence-electron chi connectivity index (χ2n) is 4.17. The molecule has 64 valence electrons. The topological polar surface area (TPSA) is 41.5 Å². The number of ether oxygens (including phenoxy) is 1. The molecule has 0 radical (unpaired) electrons. The molecule has 0 amide bonds. The van der Waals surface area contributed by atoms with Crippen molar-refractivity contribution in [3.05, 3.63) is 0 Å². The summed E-state index contributed by atoms with van der Waals surface area (Å²) in [6.45, 7) is 5.12. The summed E-state index contributed by atoms with van der Waals surface area (Å²) in [6, 6.07) is 0.231. The van der Waals surface area contributed by atoms with Crippen LogP contribution in [0.2, 0.25) is 0 Å².